The number of nitrogens with zero attached hydrogens (tertiary/aromatic N) is 4. The van der Waals surface area contributed by atoms with E-state index in [-0.39, 0.29) is 5.91 Å². The molecule has 5 rings (SSSR count). The van der Waals surface area contributed by atoms with Crippen molar-refractivity contribution in [3.8, 4) is 17.0 Å². The number of thioether (sulfide) groups is 1. The maximum Gasteiger partial charge on any atom is 0.274 e. The van der Waals surface area contributed by atoms with Gasteiger partial charge in [-0.2, -0.15) is 5.10 Å². The van der Waals surface area contributed by atoms with Gasteiger partial charge in [-0.1, -0.05) is 19.3 Å². The van der Waals surface area contributed by atoms with Gasteiger partial charge in [0.15, 0.2) is 5.69 Å². The monoisotopic (exact) mass is 470 g/mol. The van der Waals surface area contributed by atoms with E-state index in [1.807, 2.05) is 4.90 Å². The molecule has 0 bridgehead atoms. The molecule has 1 saturated heterocycles. The maximum atomic E-state index is 13.5. The molecule has 1 aromatic heterocycles. The van der Waals surface area contributed by atoms with Crippen LogP contribution in [0.5, 0.6) is 5.75 Å². The van der Waals surface area contributed by atoms with Gasteiger partial charge in [-0.05, 0) is 45.1 Å². The third kappa shape index (κ3) is 4.79. The van der Waals surface area contributed by atoms with Gasteiger partial charge < -0.3 is 19.3 Å². The molecule has 8 heteroatoms. The molecular weight excluding hydrogens is 436 g/mol. The number of carbonyl (C=O) groups excluding carboxylic acids is 1. The Labute approximate surface area is 200 Å². The molecule has 0 radical (unpaired) electrons. The lowest BCUT2D eigenvalue weighted by molar-refractivity contribution is 0.0297. The van der Waals surface area contributed by atoms with Gasteiger partial charge in [-0.3, -0.25) is 9.48 Å². The van der Waals surface area contributed by atoms with Gasteiger partial charge >= 0.3 is 0 Å². The van der Waals surface area contributed by atoms with Crippen LogP contribution in [0.4, 0.5) is 0 Å². The highest BCUT2D eigenvalue weighted by Crippen LogP contribution is 2.46. The molecule has 0 atom stereocenters. The summed E-state index contributed by atoms with van der Waals surface area (Å²) in [6, 6.07) is 6.74. The average molecular weight is 471 g/mol. The predicted molar refractivity (Wildman–Crippen MR) is 130 cm³/mol. The van der Waals surface area contributed by atoms with E-state index in [2.05, 4.69) is 41.9 Å². The van der Waals surface area contributed by atoms with Crippen molar-refractivity contribution in [2.24, 2.45) is 0 Å². The van der Waals surface area contributed by atoms with Crippen molar-refractivity contribution in [2.45, 2.75) is 48.8 Å². The fourth-order valence-electron chi connectivity index (χ4n) is 4.97. The van der Waals surface area contributed by atoms with Crippen LogP contribution in [0.1, 0.15) is 54.2 Å². The minimum absolute atomic E-state index is 0.0526. The number of carbonyl (C=O) groups is 1. The number of morpholine rings is 1. The number of hydrogen-bond donors (Lipinski definition) is 0. The molecule has 178 valence electrons. The fourth-order valence-corrected chi connectivity index (χ4v) is 6.07. The highest BCUT2D eigenvalue weighted by atomic mass is 32.2. The van der Waals surface area contributed by atoms with Gasteiger partial charge in [0, 0.05) is 41.4 Å². The van der Waals surface area contributed by atoms with E-state index in [0.717, 1.165) is 42.1 Å². The second-order valence-electron chi connectivity index (χ2n) is 9.42. The van der Waals surface area contributed by atoms with Gasteiger partial charge in [-0.25, -0.2) is 0 Å². The Balaban J connectivity index is 1.50. The van der Waals surface area contributed by atoms with E-state index >= 15 is 0 Å². The molecule has 2 aliphatic heterocycles. The summed E-state index contributed by atoms with van der Waals surface area (Å²) >= 11 is 1.78. The van der Waals surface area contributed by atoms with Crippen molar-refractivity contribution in [1.82, 2.24) is 19.6 Å². The highest BCUT2D eigenvalue weighted by molar-refractivity contribution is 7.98. The van der Waals surface area contributed by atoms with Crippen LogP contribution in [0, 0.1) is 0 Å². The molecule has 0 N–H and O–H groups in total. The van der Waals surface area contributed by atoms with Gasteiger partial charge in [0.2, 0.25) is 0 Å². The van der Waals surface area contributed by atoms with E-state index in [9.17, 15) is 4.79 Å². The third-order valence-electron chi connectivity index (χ3n) is 6.82. The largest absolute Gasteiger partial charge is 0.492 e. The molecule has 1 aliphatic carbocycles. The number of ether oxygens (including phenoxy) is 2. The lowest BCUT2D eigenvalue weighted by Gasteiger charge is -2.26. The zero-order chi connectivity index (χ0) is 22.8. The van der Waals surface area contributed by atoms with Crippen LogP contribution in [0.2, 0.25) is 0 Å². The third-order valence-corrected chi connectivity index (χ3v) is 7.90. The van der Waals surface area contributed by atoms with Crippen molar-refractivity contribution in [2.75, 3.05) is 53.6 Å². The van der Waals surface area contributed by atoms with Crippen LogP contribution >= 0.6 is 11.8 Å². The molecule has 1 amide bonds. The van der Waals surface area contributed by atoms with Gasteiger partial charge in [-0.15, -0.1) is 11.8 Å². The van der Waals surface area contributed by atoms with E-state index in [1.54, 1.807) is 11.8 Å². The Bertz CT molecular complexity index is 994. The van der Waals surface area contributed by atoms with E-state index in [4.69, 9.17) is 14.6 Å². The Morgan fingerprint density at radius 2 is 2.00 bits per heavy atom. The molecular formula is C25H34N4O3S. The van der Waals surface area contributed by atoms with Gasteiger partial charge in [0.1, 0.15) is 12.4 Å². The first-order valence-electron chi connectivity index (χ1n) is 12.1. The summed E-state index contributed by atoms with van der Waals surface area (Å²) in [5.74, 6) is 1.72. The first-order chi connectivity index (χ1) is 16.1. The van der Waals surface area contributed by atoms with E-state index in [1.165, 1.54) is 29.7 Å². The number of hydrogen-bond acceptors (Lipinski definition) is 6. The minimum Gasteiger partial charge on any atom is -0.492 e. The molecule has 1 saturated carbocycles. The van der Waals surface area contributed by atoms with E-state index in [0.29, 0.717) is 44.6 Å². The SMILES string of the molecule is CN(C)CCOc1ccc2c(c1)SCc1c(C(=O)N3CCOCC3)nn(C3CCCCC3)c1-2. The summed E-state index contributed by atoms with van der Waals surface area (Å²) in [5, 5.41) is 5.02. The number of benzene rings is 1. The summed E-state index contributed by atoms with van der Waals surface area (Å²) in [7, 11) is 4.10. The first-order valence-corrected chi connectivity index (χ1v) is 13.1. The number of likely N-dealkylation sites (N-methyl/N-ethyl adjacent to an activating group) is 1. The van der Waals surface area contributed by atoms with E-state index < -0.39 is 0 Å². The van der Waals surface area contributed by atoms with Crippen LogP contribution in [0.15, 0.2) is 23.1 Å². The predicted octanol–water partition coefficient (Wildman–Crippen LogP) is 4.07. The van der Waals surface area contributed by atoms with Crippen molar-refractivity contribution in [3.63, 3.8) is 0 Å². The Morgan fingerprint density at radius 1 is 1.21 bits per heavy atom. The number of fused-ring (bicyclic) bond motifs is 3. The zero-order valence-electron chi connectivity index (χ0n) is 19.7. The minimum atomic E-state index is 0.0526. The second kappa shape index (κ2) is 10.1. The van der Waals surface area contributed by atoms with Crippen LogP contribution < -0.4 is 4.74 Å². The van der Waals surface area contributed by atoms with Gasteiger partial charge in [0.25, 0.3) is 5.91 Å². The maximum absolute atomic E-state index is 13.5. The summed E-state index contributed by atoms with van der Waals surface area (Å²) in [5.41, 5.74) is 4.06. The Morgan fingerprint density at radius 3 is 2.76 bits per heavy atom. The van der Waals surface area contributed by atoms with Crippen molar-refractivity contribution in [3.05, 3.63) is 29.5 Å². The van der Waals surface area contributed by atoms with Gasteiger partial charge in [0.05, 0.1) is 24.9 Å². The highest BCUT2D eigenvalue weighted by Gasteiger charge is 2.33. The lowest BCUT2D eigenvalue weighted by Crippen LogP contribution is -2.41. The molecule has 0 unspecified atom stereocenters. The Hall–Kier alpha value is -2.03. The standard InChI is InChI=1S/C25H34N4O3S/c1-27(2)10-15-32-19-8-9-20-22(16-19)33-17-21-23(25(30)28-11-13-31-14-12-28)26-29(24(20)21)18-6-4-3-5-7-18/h8-9,16,18H,3-7,10-15,17H2,1-2H3. The summed E-state index contributed by atoms with van der Waals surface area (Å²) in [6.45, 7) is 4.04. The van der Waals surface area contributed by atoms with Crippen molar-refractivity contribution >= 4 is 17.7 Å². The number of rotatable bonds is 6. The average Bonchev–Trinajstić information content (AvgIpc) is 3.24. The fraction of sp³-hybridized carbons (Fsp3) is 0.600. The first kappa shape index (κ1) is 22.7. The zero-order valence-corrected chi connectivity index (χ0v) is 20.5. The number of amides is 1. The lowest BCUT2D eigenvalue weighted by atomic mass is 9.95. The summed E-state index contributed by atoms with van der Waals surface area (Å²) in [4.78, 5) is 18.7. The Kier molecular flexibility index (Phi) is 6.94. The summed E-state index contributed by atoms with van der Waals surface area (Å²) < 4.78 is 13.7. The molecule has 0 spiro atoms. The van der Waals surface area contributed by atoms with Crippen LogP contribution in [0.25, 0.3) is 11.3 Å². The molecule has 1 aromatic carbocycles. The topological polar surface area (TPSA) is 59.8 Å². The molecule has 3 heterocycles. The van der Waals surface area contributed by atoms with Crippen LogP contribution in [0.3, 0.4) is 0 Å². The van der Waals surface area contributed by atoms with Crippen molar-refractivity contribution < 1.29 is 14.3 Å². The second-order valence-corrected chi connectivity index (χ2v) is 10.4. The molecule has 2 aromatic rings. The number of aromatic nitrogens is 2. The smallest absolute Gasteiger partial charge is 0.274 e. The quantitative estimate of drug-likeness (QED) is 0.634. The molecule has 7 nitrogen and oxygen atoms in total. The van der Waals surface area contributed by atoms with Crippen LogP contribution in [-0.4, -0.2) is 79.0 Å². The normalized spacial score (nSPS) is 18.8. The van der Waals surface area contributed by atoms with Crippen molar-refractivity contribution in [1.29, 1.82) is 0 Å². The molecule has 33 heavy (non-hydrogen) atoms. The molecule has 2 fully saturated rings. The summed E-state index contributed by atoms with van der Waals surface area (Å²) in [6.07, 6.45) is 6.01. The van der Waals surface area contributed by atoms with Crippen LogP contribution in [-0.2, 0) is 10.5 Å². The molecule has 3 aliphatic rings.